The Kier molecular flexibility index (Phi) is 9.08. The number of carbonyl (C=O) groups excluding carboxylic acids is 3. The smallest absolute Gasteiger partial charge is 0.345 e. The zero-order valence-electron chi connectivity index (χ0n) is 15.6. The lowest BCUT2D eigenvalue weighted by molar-refractivity contribution is -0.144. The normalized spacial score (nSPS) is 10.4. The first-order valence-corrected chi connectivity index (χ1v) is 8.04. The van der Waals surface area contributed by atoms with E-state index in [9.17, 15) is 14.4 Å². The van der Waals surface area contributed by atoms with E-state index in [0.717, 1.165) is 25.9 Å². The fourth-order valence-electron chi connectivity index (χ4n) is 2.19. The summed E-state index contributed by atoms with van der Waals surface area (Å²) >= 11 is 0. The third-order valence-corrected chi connectivity index (χ3v) is 3.45. The van der Waals surface area contributed by atoms with Gasteiger partial charge in [-0.2, -0.15) is 0 Å². The fraction of sp³-hybridized carbons (Fsp3) is 0.250. The average Bonchev–Trinajstić information content (AvgIpc) is 2.70. The Hall–Kier alpha value is -3.35. The fourth-order valence-corrected chi connectivity index (χ4v) is 2.19. The quantitative estimate of drug-likeness (QED) is 0.125. The molecule has 1 rings (SSSR count). The molecule has 0 heterocycles. The van der Waals surface area contributed by atoms with Crippen LogP contribution in [-0.2, 0) is 35.1 Å². The van der Waals surface area contributed by atoms with Gasteiger partial charge in [0, 0.05) is 19.3 Å². The van der Waals surface area contributed by atoms with Gasteiger partial charge in [-0.05, 0) is 11.6 Å². The van der Waals surface area contributed by atoms with Crippen LogP contribution in [0.4, 0.5) is 0 Å². The minimum atomic E-state index is -0.921. The summed E-state index contributed by atoms with van der Waals surface area (Å²) in [5, 5.41) is 0. The van der Waals surface area contributed by atoms with Crippen molar-refractivity contribution < 1.29 is 28.6 Å². The Balaban J connectivity index is 3.33. The van der Waals surface area contributed by atoms with E-state index >= 15 is 0 Å². The molecule has 0 radical (unpaired) electrons. The Bertz CT molecular complexity index is 718. The summed E-state index contributed by atoms with van der Waals surface area (Å²) in [6.07, 6.45) is 4.25. The second-order valence-corrected chi connectivity index (χ2v) is 5.32. The first kappa shape index (κ1) is 21.7. The van der Waals surface area contributed by atoms with E-state index in [-0.39, 0.29) is 5.57 Å². The molecule has 7 heteroatoms. The minimum absolute atomic E-state index is 0.0129. The van der Waals surface area contributed by atoms with E-state index in [4.69, 9.17) is 4.74 Å². The summed E-state index contributed by atoms with van der Waals surface area (Å²) < 4.78 is 13.9. The van der Waals surface area contributed by atoms with E-state index in [0.29, 0.717) is 13.1 Å². The number of carbonyl (C=O) groups is 3. The van der Waals surface area contributed by atoms with Crippen LogP contribution in [-0.4, -0.2) is 50.7 Å². The highest BCUT2D eigenvalue weighted by Crippen LogP contribution is 2.13. The van der Waals surface area contributed by atoms with Crippen LogP contribution >= 0.6 is 0 Å². The number of nitrogens with zero attached hydrogens (tertiary/aromatic N) is 1. The molecule has 0 unspecified atom stereocenters. The molecule has 0 saturated heterocycles. The average molecular weight is 373 g/mol. The molecule has 0 N–H and O–H groups in total. The molecule has 27 heavy (non-hydrogen) atoms. The standard InChI is InChI=1S/C20H23NO6/c1-5-11-21(13-15-9-7-6-8-10-15)14-16(18(22)25-2)12-17(19(23)26-3)20(24)27-4/h5-10,12,14H,1,11,13H2,2-4H3/b16-14-. The summed E-state index contributed by atoms with van der Waals surface area (Å²) in [7, 11) is 3.45. The van der Waals surface area contributed by atoms with Gasteiger partial charge in [-0.1, -0.05) is 36.4 Å². The monoisotopic (exact) mass is 373 g/mol. The molecular formula is C20H23NO6. The Morgan fingerprint density at radius 3 is 2.00 bits per heavy atom. The van der Waals surface area contributed by atoms with Gasteiger partial charge in [0.2, 0.25) is 0 Å². The molecule has 0 aliphatic heterocycles. The number of hydrogen-bond donors (Lipinski definition) is 0. The van der Waals surface area contributed by atoms with E-state index in [1.165, 1.54) is 13.3 Å². The zero-order chi connectivity index (χ0) is 20.2. The van der Waals surface area contributed by atoms with Crippen molar-refractivity contribution in [2.45, 2.75) is 6.54 Å². The van der Waals surface area contributed by atoms with Gasteiger partial charge in [-0.25, -0.2) is 14.4 Å². The summed E-state index contributed by atoms with van der Waals surface area (Å²) in [6, 6.07) is 9.58. The number of benzene rings is 1. The minimum Gasteiger partial charge on any atom is -0.465 e. The molecule has 1 aromatic carbocycles. The molecule has 0 aromatic heterocycles. The first-order valence-electron chi connectivity index (χ1n) is 8.04. The highest BCUT2D eigenvalue weighted by Gasteiger charge is 2.22. The second-order valence-electron chi connectivity index (χ2n) is 5.32. The predicted molar refractivity (Wildman–Crippen MR) is 99.3 cm³/mol. The van der Waals surface area contributed by atoms with Crippen LogP contribution in [0.1, 0.15) is 5.56 Å². The van der Waals surface area contributed by atoms with Crippen molar-refractivity contribution in [2.24, 2.45) is 0 Å². The molecule has 1 aromatic rings. The van der Waals surface area contributed by atoms with Gasteiger partial charge in [0.05, 0.1) is 26.9 Å². The number of ether oxygens (including phenoxy) is 3. The van der Waals surface area contributed by atoms with E-state index in [2.05, 4.69) is 16.1 Å². The molecule has 0 amide bonds. The van der Waals surface area contributed by atoms with Crippen molar-refractivity contribution in [3.8, 4) is 0 Å². The maximum Gasteiger partial charge on any atom is 0.345 e. The third-order valence-electron chi connectivity index (χ3n) is 3.45. The van der Waals surface area contributed by atoms with Gasteiger partial charge in [-0.15, -0.1) is 6.58 Å². The Labute approximate surface area is 158 Å². The van der Waals surface area contributed by atoms with Gasteiger partial charge in [0.1, 0.15) is 5.57 Å². The zero-order valence-corrected chi connectivity index (χ0v) is 15.6. The van der Waals surface area contributed by atoms with E-state index < -0.39 is 23.5 Å². The van der Waals surface area contributed by atoms with Crippen molar-refractivity contribution in [2.75, 3.05) is 27.9 Å². The number of rotatable bonds is 9. The Morgan fingerprint density at radius 2 is 1.52 bits per heavy atom. The molecule has 0 aliphatic carbocycles. The number of methoxy groups -OCH3 is 3. The van der Waals surface area contributed by atoms with E-state index in [1.54, 1.807) is 11.0 Å². The van der Waals surface area contributed by atoms with Gasteiger partial charge in [0.25, 0.3) is 0 Å². The van der Waals surface area contributed by atoms with Gasteiger partial charge in [0.15, 0.2) is 0 Å². The summed E-state index contributed by atoms with van der Waals surface area (Å²) in [4.78, 5) is 37.7. The lowest BCUT2D eigenvalue weighted by atomic mass is 10.1. The molecule has 144 valence electrons. The van der Waals surface area contributed by atoms with Crippen molar-refractivity contribution in [1.82, 2.24) is 4.90 Å². The van der Waals surface area contributed by atoms with E-state index in [1.807, 2.05) is 30.3 Å². The molecule has 0 bridgehead atoms. The summed E-state index contributed by atoms with van der Waals surface area (Å²) in [6.45, 7) is 4.61. The van der Waals surface area contributed by atoms with Gasteiger partial charge < -0.3 is 19.1 Å². The molecule has 0 spiro atoms. The third kappa shape index (κ3) is 6.81. The highest BCUT2D eigenvalue weighted by atomic mass is 16.5. The molecule has 7 nitrogen and oxygen atoms in total. The maximum absolute atomic E-state index is 12.2. The molecular weight excluding hydrogens is 350 g/mol. The topological polar surface area (TPSA) is 82.1 Å². The Morgan fingerprint density at radius 1 is 0.963 bits per heavy atom. The molecule has 0 atom stereocenters. The van der Waals surface area contributed by atoms with Crippen molar-refractivity contribution >= 4 is 17.9 Å². The maximum atomic E-state index is 12.2. The summed E-state index contributed by atoms with van der Waals surface area (Å²) in [5.74, 6) is -2.56. The lowest BCUT2D eigenvalue weighted by Crippen LogP contribution is -2.21. The van der Waals surface area contributed by atoms with Crippen LogP contribution in [0.25, 0.3) is 0 Å². The van der Waals surface area contributed by atoms with Crippen molar-refractivity contribution in [1.29, 1.82) is 0 Å². The molecule has 0 aliphatic rings. The number of esters is 3. The molecule has 0 saturated carbocycles. The van der Waals surface area contributed by atoms with Crippen LogP contribution in [0.3, 0.4) is 0 Å². The lowest BCUT2D eigenvalue weighted by Gasteiger charge is -2.20. The van der Waals surface area contributed by atoms with Gasteiger partial charge >= 0.3 is 17.9 Å². The van der Waals surface area contributed by atoms with Crippen molar-refractivity contribution in [3.63, 3.8) is 0 Å². The van der Waals surface area contributed by atoms with Crippen LogP contribution in [0.2, 0.25) is 0 Å². The second kappa shape index (κ2) is 11.3. The predicted octanol–water partition coefficient (Wildman–Crippen LogP) is 2.00. The first-order chi connectivity index (χ1) is 13.0. The highest BCUT2D eigenvalue weighted by molar-refractivity contribution is 6.15. The van der Waals surface area contributed by atoms with Crippen LogP contribution in [0.5, 0.6) is 0 Å². The van der Waals surface area contributed by atoms with Gasteiger partial charge in [-0.3, -0.25) is 0 Å². The van der Waals surface area contributed by atoms with Crippen LogP contribution in [0.15, 0.2) is 66.4 Å². The van der Waals surface area contributed by atoms with Crippen LogP contribution < -0.4 is 0 Å². The largest absolute Gasteiger partial charge is 0.465 e. The SMILES string of the molecule is C=CCN(/C=C(/C=C(C(=O)OC)C(=O)OC)C(=O)OC)Cc1ccccc1. The van der Waals surface area contributed by atoms with Crippen LogP contribution in [0, 0.1) is 0 Å². The van der Waals surface area contributed by atoms with Crippen molar-refractivity contribution in [3.05, 3.63) is 72.0 Å². The number of hydrogen-bond acceptors (Lipinski definition) is 7. The summed E-state index contributed by atoms with van der Waals surface area (Å²) in [5.41, 5.74) is 0.570. The molecule has 0 fully saturated rings.